The maximum Gasteiger partial charge on any atom is 0.344 e. The number of benzene rings is 1. The Morgan fingerprint density at radius 1 is 1.43 bits per heavy atom. The molecule has 2 N–H and O–H groups in total. The molecule has 1 aromatic carbocycles. The summed E-state index contributed by atoms with van der Waals surface area (Å²) in [6, 6.07) is 3.58. The Morgan fingerprint density at radius 2 is 2.22 bits per heavy atom. The molecule has 9 heteroatoms. The smallest absolute Gasteiger partial charge is 0.344 e. The molecule has 2 rings (SSSR count). The SMILES string of the molecule is CCOC(=O)COc1ccnc(Oc2cc(N)c(F)cc2Cl)n1. The number of halogens is 2. The predicted molar refractivity (Wildman–Crippen MR) is 80.1 cm³/mol. The molecule has 0 bridgehead atoms. The molecule has 2 aromatic rings. The van der Waals surface area contributed by atoms with Gasteiger partial charge in [-0.15, -0.1) is 0 Å². The fraction of sp³-hybridized carbons (Fsp3) is 0.214. The number of hydrogen-bond donors (Lipinski definition) is 1. The quantitative estimate of drug-likeness (QED) is 0.637. The van der Waals surface area contributed by atoms with Crippen LogP contribution in [-0.4, -0.2) is 29.2 Å². The number of nitrogen functional groups attached to an aromatic ring is 1. The number of carbonyl (C=O) groups is 1. The Bertz CT molecular complexity index is 714. The number of esters is 1. The van der Waals surface area contributed by atoms with Gasteiger partial charge in [0.1, 0.15) is 5.82 Å². The summed E-state index contributed by atoms with van der Waals surface area (Å²) in [7, 11) is 0. The number of nitrogens with two attached hydrogens (primary N) is 1. The van der Waals surface area contributed by atoms with Gasteiger partial charge in [0.15, 0.2) is 12.4 Å². The summed E-state index contributed by atoms with van der Waals surface area (Å²) in [5.74, 6) is -0.986. The lowest BCUT2D eigenvalue weighted by Crippen LogP contribution is -2.15. The molecule has 0 spiro atoms. The summed E-state index contributed by atoms with van der Waals surface area (Å²) in [5.41, 5.74) is 5.33. The van der Waals surface area contributed by atoms with Gasteiger partial charge < -0.3 is 19.9 Å². The van der Waals surface area contributed by atoms with E-state index in [-0.39, 0.29) is 41.6 Å². The van der Waals surface area contributed by atoms with Crippen LogP contribution in [-0.2, 0) is 9.53 Å². The largest absolute Gasteiger partial charge is 0.465 e. The first-order valence-corrected chi connectivity index (χ1v) is 6.91. The van der Waals surface area contributed by atoms with Crippen LogP contribution >= 0.6 is 11.6 Å². The summed E-state index contributed by atoms with van der Waals surface area (Å²) >= 11 is 5.86. The van der Waals surface area contributed by atoms with Gasteiger partial charge in [0.25, 0.3) is 0 Å². The third-order valence-electron chi connectivity index (χ3n) is 2.50. The molecule has 1 aromatic heterocycles. The van der Waals surface area contributed by atoms with E-state index < -0.39 is 11.8 Å². The minimum Gasteiger partial charge on any atom is -0.465 e. The summed E-state index contributed by atoms with van der Waals surface area (Å²) < 4.78 is 28.5. The molecule has 0 fully saturated rings. The highest BCUT2D eigenvalue weighted by molar-refractivity contribution is 6.32. The van der Waals surface area contributed by atoms with Crippen LogP contribution in [0, 0.1) is 5.82 Å². The molecule has 0 saturated heterocycles. The third-order valence-corrected chi connectivity index (χ3v) is 2.80. The number of anilines is 1. The van der Waals surface area contributed by atoms with Crippen LogP contribution < -0.4 is 15.2 Å². The Labute approximate surface area is 136 Å². The Balaban J connectivity index is 2.08. The minimum atomic E-state index is -0.658. The van der Waals surface area contributed by atoms with Crippen molar-refractivity contribution in [2.24, 2.45) is 0 Å². The van der Waals surface area contributed by atoms with Crippen LogP contribution in [0.1, 0.15) is 6.92 Å². The van der Waals surface area contributed by atoms with Gasteiger partial charge in [-0.1, -0.05) is 11.6 Å². The number of rotatable bonds is 6. The average molecular weight is 342 g/mol. The minimum absolute atomic E-state index is 0.0122. The first-order chi connectivity index (χ1) is 11.0. The Kier molecular flexibility index (Phi) is 5.53. The second-order valence-electron chi connectivity index (χ2n) is 4.18. The number of ether oxygens (including phenoxy) is 3. The van der Waals surface area contributed by atoms with Crippen molar-refractivity contribution in [1.82, 2.24) is 9.97 Å². The third kappa shape index (κ3) is 4.68. The molecule has 0 radical (unpaired) electrons. The van der Waals surface area contributed by atoms with Crippen molar-refractivity contribution in [2.75, 3.05) is 18.9 Å². The van der Waals surface area contributed by atoms with Crippen molar-refractivity contribution >= 4 is 23.3 Å². The highest BCUT2D eigenvalue weighted by atomic mass is 35.5. The summed E-state index contributed by atoms with van der Waals surface area (Å²) in [5, 5.41) is 0.0122. The lowest BCUT2D eigenvalue weighted by atomic mass is 10.3. The first-order valence-electron chi connectivity index (χ1n) is 6.53. The van der Waals surface area contributed by atoms with Gasteiger partial charge >= 0.3 is 12.0 Å². The molecule has 0 saturated carbocycles. The molecule has 7 nitrogen and oxygen atoms in total. The van der Waals surface area contributed by atoms with E-state index in [1.165, 1.54) is 18.3 Å². The van der Waals surface area contributed by atoms with E-state index in [0.29, 0.717) is 0 Å². The highest BCUT2D eigenvalue weighted by Gasteiger charge is 2.11. The van der Waals surface area contributed by atoms with Crippen LogP contribution in [0.25, 0.3) is 0 Å². The molecule has 23 heavy (non-hydrogen) atoms. The zero-order valence-corrected chi connectivity index (χ0v) is 12.8. The fourth-order valence-corrected chi connectivity index (χ4v) is 1.70. The highest BCUT2D eigenvalue weighted by Crippen LogP contribution is 2.31. The van der Waals surface area contributed by atoms with Gasteiger partial charge in [-0.25, -0.2) is 14.2 Å². The van der Waals surface area contributed by atoms with E-state index in [2.05, 4.69) is 9.97 Å². The molecule has 0 unspecified atom stereocenters. The van der Waals surface area contributed by atoms with E-state index in [9.17, 15) is 9.18 Å². The average Bonchev–Trinajstić information content (AvgIpc) is 2.51. The van der Waals surface area contributed by atoms with Crippen molar-refractivity contribution in [3.63, 3.8) is 0 Å². The Hall–Kier alpha value is -2.61. The summed E-state index contributed by atoms with van der Waals surface area (Å²) in [6.07, 6.45) is 1.36. The first kappa shape index (κ1) is 16.8. The van der Waals surface area contributed by atoms with E-state index in [0.717, 1.165) is 6.07 Å². The van der Waals surface area contributed by atoms with Crippen molar-refractivity contribution < 1.29 is 23.4 Å². The van der Waals surface area contributed by atoms with Crippen LogP contribution in [0.4, 0.5) is 10.1 Å². The maximum absolute atomic E-state index is 13.2. The lowest BCUT2D eigenvalue weighted by molar-refractivity contribution is -0.145. The zero-order valence-electron chi connectivity index (χ0n) is 12.1. The van der Waals surface area contributed by atoms with E-state index in [1.807, 2.05) is 0 Å². The summed E-state index contributed by atoms with van der Waals surface area (Å²) in [4.78, 5) is 19.0. The molecule has 0 aliphatic heterocycles. The van der Waals surface area contributed by atoms with Gasteiger partial charge in [0, 0.05) is 18.3 Å². The summed E-state index contributed by atoms with van der Waals surface area (Å²) in [6.45, 7) is 1.64. The topological polar surface area (TPSA) is 96.6 Å². The second-order valence-corrected chi connectivity index (χ2v) is 4.58. The lowest BCUT2D eigenvalue weighted by Gasteiger charge is -2.09. The fourth-order valence-electron chi connectivity index (χ4n) is 1.51. The molecule has 0 amide bonds. The van der Waals surface area contributed by atoms with Gasteiger partial charge in [0.2, 0.25) is 5.88 Å². The zero-order chi connectivity index (χ0) is 16.8. The van der Waals surface area contributed by atoms with Crippen LogP contribution in [0.5, 0.6) is 17.6 Å². The van der Waals surface area contributed by atoms with Crippen molar-refractivity contribution in [2.45, 2.75) is 6.92 Å². The molecular weight excluding hydrogens is 329 g/mol. The van der Waals surface area contributed by atoms with Gasteiger partial charge in [-0.05, 0) is 13.0 Å². The normalized spacial score (nSPS) is 10.2. The molecule has 0 aliphatic carbocycles. The predicted octanol–water partition coefficient (Wildman–Crippen LogP) is 2.59. The maximum atomic E-state index is 13.2. The van der Waals surface area contributed by atoms with E-state index in [4.69, 9.17) is 31.5 Å². The van der Waals surface area contributed by atoms with Crippen LogP contribution in [0.2, 0.25) is 5.02 Å². The molecule has 0 atom stereocenters. The van der Waals surface area contributed by atoms with E-state index >= 15 is 0 Å². The number of nitrogens with zero attached hydrogens (tertiary/aromatic N) is 2. The molecular formula is C14H13ClFN3O4. The monoisotopic (exact) mass is 341 g/mol. The number of carbonyl (C=O) groups excluding carboxylic acids is 1. The van der Waals surface area contributed by atoms with Gasteiger partial charge in [-0.2, -0.15) is 4.98 Å². The van der Waals surface area contributed by atoms with E-state index in [1.54, 1.807) is 6.92 Å². The second kappa shape index (κ2) is 7.59. The van der Waals surface area contributed by atoms with Crippen molar-refractivity contribution in [1.29, 1.82) is 0 Å². The number of hydrogen-bond acceptors (Lipinski definition) is 7. The Morgan fingerprint density at radius 3 is 2.96 bits per heavy atom. The van der Waals surface area contributed by atoms with Gasteiger partial charge in [-0.3, -0.25) is 0 Å². The van der Waals surface area contributed by atoms with Crippen LogP contribution in [0.15, 0.2) is 24.4 Å². The van der Waals surface area contributed by atoms with Gasteiger partial charge in [0.05, 0.1) is 17.3 Å². The van der Waals surface area contributed by atoms with Crippen LogP contribution in [0.3, 0.4) is 0 Å². The molecule has 122 valence electrons. The van der Waals surface area contributed by atoms with Crippen molar-refractivity contribution in [3.8, 4) is 17.6 Å². The number of aromatic nitrogens is 2. The molecule has 0 aliphatic rings. The standard InChI is InChI=1S/C14H13ClFN3O4/c1-2-21-13(20)7-22-12-3-4-18-14(19-12)23-11-6-10(17)9(16)5-8(11)15/h3-6H,2,7,17H2,1H3. The molecule has 1 heterocycles. The van der Waals surface area contributed by atoms with Crippen molar-refractivity contribution in [3.05, 3.63) is 35.2 Å².